The van der Waals surface area contributed by atoms with Gasteiger partial charge in [0, 0.05) is 38.2 Å². The molecule has 5 rings (SSSR count). The largest absolute Gasteiger partial charge is 0.364 e. The fraction of sp³-hybridized carbons (Fsp3) is 0.480. The van der Waals surface area contributed by atoms with Crippen molar-refractivity contribution in [1.82, 2.24) is 39.6 Å². The van der Waals surface area contributed by atoms with E-state index in [0.29, 0.717) is 18.4 Å². The number of nitrogens with zero attached hydrogens (tertiary/aromatic N) is 7. The Labute approximate surface area is 205 Å². The molecule has 10 heteroatoms. The highest BCUT2D eigenvalue weighted by Gasteiger charge is 2.16. The van der Waals surface area contributed by atoms with Crippen LogP contribution in [0, 0.1) is 5.92 Å². The molecule has 0 aromatic carbocycles. The predicted octanol–water partition coefficient (Wildman–Crippen LogP) is 3.62. The van der Waals surface area contributed by atoms with Gasteiger partial charge in [0.05, 0.1) is 6.33 Å². The molecule has 0 spiro atoms. The number of aryl methyl sites for hydroxylation is 1. The molecule has 0 bridgehead atoms. The lowest BCUT2D eigenvalue weighted by atomic mass is 9.98. The zero-order valence-corrected chi connectivity index (χ0v) is 20.3. The monoisotopic (exact) mass is 474 g/mol. The maximum absolute atomic E-state index is 4.85. The Bertz CT molecular complexity index is 1190. The van der Waals surface area contributed by atoms with E-state index >= 15 is 0 Å². The summed E-state index contributed by atoms with van der Waals surface area (Å²) in [5.74, 6) is 2.83. The lowest BCUT2D eigenvalue weighted by molar-refractivity contribution is 0.389. The van der Waals surface area contributed by atoms with Crippen LogP contribution < -0.4 is 16.0 Å². The van der Waals surface area contributed by atoms with Crippen LogP contribution in [0.15, 0.2) is 43.1 Å². The second-order valence-electron chi connectivity index (χ2n) is 9.12. The zero-order chi connectivity index (χ0) is 23.9. The molecule has 1 saturated heterocycles. The summed E-state index contributed by atoms with van der Waals surface area (Å²) in [6.07, 6.45) is 13.2. The van der Waals surface area contributed by atoms with Crippen molar-refractivity contribution in [2.75, 3.05) is 30.3 Å². The van der Waals surface area contributed by atoms with E-state index < -0.39 is 0 Å². The van der Waals surface area contributed by atoms with E-state index in [9.17, 15) is 0 Å². The van der Waals surface area contributed by atoms with Crippen LogP contribution in [0.2, 0.25) is 0 Å². The topological polar surface area (TPSA) is 110 Å². The van der Waals surface area contributed by atoms with Crippen molar-refractivity contribution in [2.24, 2.45) is 5.92 Å². The van der Waals surface area contributed by atoms with E-state index in [1.165, 1.54) is 25.7 Å². The van der Waals surface area contributed by atoms with Crippen LogP contribution in [-0.2, 0) is 13.1 Å². The third-order valence-corrected chi connectivity index (χ3v) is 6.48. The molecule has 0 radical (unpaired) electrons. The van der Waals surface area contributed by atoms with Gasteiger partial charge in [0.25, 0.3) is 0 Å². The van der Waals surface area contributed by atoms with E-state index in [-0.39, 0.29) is 0 Å². The molecular weight excluding hydrogens is 440 g/mol. The Hall–Kier alpha value is -3.53. The van der Waals surface area contributed by atoms with Crippen LogP contribution in [0.25, 0.3) is 17.0 Å². The first-order valence-corrected chi connectivity index (χ1v) is 12.7. The van der Waals surface area contributed by atoms with Gasteiger partial charge in [-0.3, -0.25) is 0 Å². The number of imidazole rings is 1. The third-order valence-electron chi connectivity index (χ3n) is 6.48. The molecule has 184 valence electrons. The molecule has 3 N–H and O–H groups in total. The molecule has 10 nitrogen and oxygen atoms in total. The van der Waals surface area contributed by atoms with Crippen molar-refractivity contribution in [3.8, 4) is 5.82 Å². The van der Waals surface area contributed by atoms with Crippen molar-refractivity contribution < 1.29 is 0 Å². The van der Waals surface area contributed by atoms with E-state index in [1.54, 1.807) is 10.9 Å². The minimum atomic E-state index is 0.592. The molecule has 1 aliphatic rings. The highest BCUT2D eigenvalue weighted by atomic mass is 15.3. The van der Waals surface area contributed by atoms with Gasteiger partial charge in [0.1, 0.15) is 0 Å². The van der Waals surface area contributed by atoms with E-state index in [0.717, 1.165) is 61.0 Å². The molecule has 4 aromatic heterocycles. The lowest BCUT2D eigenvalue weighted by Gasteiger charge is -2.22. The van der Waals surface area contributed by atoms with E-state index in [1.807, 2.05) is 30.9 Å². The van der Waals surface area contributed by atoms with Crippen molar-refractivity contribution in [2.45, 2.75) is 52.1 Å². The summed E-state index contributed by atoms with van der Waals surface area (Å²) < 4.78 is 3.89. The van der Waals surface area contributed by atoms with Gasteiger partial charge in [-0.25, -0.2) is 14.6 Å². The lowest BCUT2D eigenvalue weighted by Crippen LogP contribution is -2.31. The van der Waals surface area contributed by atoms with Crippen LogP contribution in [0.3, 0.4) is 0 Å². The molecule has 0 amide bonds. The summed E-state index contributed by atoms with van der Waals surface area (Å²) in [6, 6.07) is 5.90. The molecule has 0 atom stereocenters. The Morgan fingerprint density at radius 3 is 2.77 bits per heavy atom. The van der Waals surface area contributed by atoms with Gasteiger partial charge in [0.2, 0.25) is 5.95 Å². The van der Waals surface area contributed by atoms with Crippen molar-refractivity contribution in [1.29, 1.82) is 0 Å². The van der Waals surface area contributed by atoms with Gasteiger partial charge in [0.15, 0.2) is 22.8 Å². The number of aromatic nitrogens is 7. The van der Waals surface area contributed by atoms with Crippen LogP contribution in [-0.4, -0.2) is 53.9 Å². The van der Waals surface area contributed by atoms with Crippen LogP contribution >= 0.6 is 0 Å². The van der Waals surface area contributed by atoms with E-state index in [2.05, 4.69) is 48.6 Å². The zero-order valence-electron chi connectivity index (χ0n) is 20.3. The SMILES string of the molecule is CCCCCn1cnc2c(NCc3ccc(-n4cccn4)nc3)nc(NCC3CCNCC3)nc21. The summed E-state index contributed by atoms with van der Waals surface area (Å²) in [7, 11) is 0. The molecule has 35 heavy (non-hydrogen) atoms. The first-order chi connectivity index (χ1) is 17.3. The summed E-state index contributed by atoms with van der Waals surface area (Å²) in [5.41, 5.74) is 2.73. The number of nitrogens with one attached hydrogen (secondary N) is 3. The van der Waals surface area contributed by atoms with Gasteiger partial charge in [-0.15, -0.1) is 0 Å². The van der Waals surface area contributed by atoms with Crippen LogP contribution in [0.1, 0.15) is 44.6 Å². The molecule has 0 unspecified atom stereocenters. The normalized spacial score (nSPS) is 14.4. The minimum absolute atomic E-state index is 0.592. The molecular formula is C25H34N10. The Kier molecular flexibility index (Phi) is 7.47. The Morgan fingerprint density at radius 1 is 1.09 bits per heavy atom. The molecule has 4 aromatic rings. The van der Waals surface area contributed by atoms with Gasteiger partial charge < -0.3 is 20.5 Å². The molecule has 1 fully saturated rings. The quantitative estimate of drug-likeness (QED) is 0.283. The first kappa shape index (κ1) is 23.2. The van der Waals surface area contributed by atoms with Gasteiger partial charge in [-0.05, 0) is 56.0 Å². The summed E-state index contributed by atoms with van der Waals surface area (Å²) in [5, 5.41) is 14.6. The van der Waals surface area contributed by atoms with Gasteiger partial charge in [-0.1, -0.05) is 25.8 Å². The Morgan fingerprint density at radius 2 is 2.00 bits per heavy atom. The van der Waals surface area contributed by atoms with E-state index in [4.69, 9.17) is 9.97 Å². The number of unbranched alkanes of at least 4 members (excludes halogenated alkanes) is 2. The van der Waals surface area contributed by atoms with Crippen molar-refractivity contribution >= 4 is 22.9 Å². The fourth-order valence-electron chi connectivity index (χ4n) is 4.41. The highest BCUT2D eigenvalue weighted by Crippen LogP contribution is 2.23. The number of piperidine rings is 1. The van der Waals surface area contributed by atoms with Crippen LogP contribution in [0.5, 0.6) is 0 Å². The third kappa shape index (κ3) is 5.76. The van der Waals surface area contributed by atoms with Gasteiger partial charge >= 0.3 is 0 Å². The first-order valence-electron chi connectivity index (χ1n) is 12.7. The van der Waals surface area contributed by atoms with Crippen molar-refractivity contribution in [3.63, 3.8) is 0 Å². The summed E-state index contributed by atoms with van der Waals surface area (Å²) in [4.78, 5) is 18.9. The summed E-state index contributed by atoms with van der Waals surface area (Å²) >= 11 is 0. The number of pyridine rings is 1. The molecule has 1 aliphatic heterocycles. The highest BCUT2D eigenvalue weighted by molar-refractivity contribution is 5.84. The fourth-order valence-corrected chi connectivity index (χ4v) is 4.41. The van der Waals surface area contributed by atoms with Crippen molar-refractivity contribution in [3.05, 3.63) is 48.7 Å². The minimum Gasteiger partial charge on any atom is -0.364 e. The summed E-state index contributed by atoms with van der Waals surface area (Å²) in [6.45, 7) is 6.76. The molecule has 0 aliphatic carbocycles. The number of hydrogen-bond donors (Lipinski definition) is 3. The maximum Gasteiger partial charge on any atom is 0.226 e. The number of fused-ring (bicyclic) bond motifs is 1. The molecule has 0 saturated carbocycles. The van der Waals surface area contributed by atoms with Gasteiger partial charge in [-0.2, -0.15) is 15.1 Å². The second kappa shape index (κ2) is 11.3. The Balaban J connectivity index is 1.33. The number of hydrogen-bond acceptors (Lipinski definition) is 8. The predicted molar refractivity (Wildman–Crippen MR) is 138 cm³/mol. The number of rotatable bonds is 11. The van der Waals surface area contributed by atoms with Crippen LogP contribution in [0.4, 0.5) is 11.8 Å². The average molecular weight is 475 g/mol. The number of anilines is 2. The molecule has 5 heterocycles. The second-order valence-corrected chi connectivity index (χ2v) is 9.12. The maximum atomic E-state index is 4.85. The average Bonchev–Trinajstić information content (AvgIpc) is 3.58. The smallest absolute Gasteiger partial charge is 0.226 e. The standard InChI is InChI=1S/C25H34N10/c1-2-3-4-13-34-18-30-22-23(28-17-20-6-7-21(27-16-20)35-14-5-10-31-35)32-25(33-24(22)34)29-15-19-8-11-26-12-9-19/h5-7,10,14,16,18-19,26H,2-4,8-9,11-13,15,17H2,1H3,(H2,28,29,32,33).